The topological polar surface area (TPSA) is 52.1 Å². The van der Waals surface area contributed by atoms with Gasteiger partial charge in [-0.1, -0.05) is 13.8 Å². The van der Waals surface area contributed by atoms with Gasteiger partial charge in [-0.3, -0.25) is 4.99 Å². The number of aliphatic imine (C=N–C) groups is 1. The summed E-state index contributed by atoms with van der Waals surface area (Å²) in [6.45, 7) is 20.3. The second-order valence-electron chi connectivity index (χ2n) is 7.38. The van der Waals surface area contributed by atoms with E-state index in [-0.39, 0.29) is 5.60 Å². The Hall–Kier alpha value is -0.850. The van der Waals surface area contributed by atoms with Crippen molar-refractivity contribution in [3.05, 3.63) is 0 Å². The van der Waals surface area contributed by atoms with Gasteiger partial charge in [-0.25, -0.2) is 0 Å². The number of methoxy groups -OCH3 is 1. The lowest BCUT2D eigenvalue weighted by molar-refractivity contribution is 0.0310. The van der Waals surface area contributed by atoms with E-state index < -0.39 is 0 Å². The normalized spacial score (nSPS) is 19.3. The predicted molar refractivity (Wildman–Crippen MR) is 103 cm³/mol. The smallest absolute Gasteiger partial charge is 0.191 e. The number of rotatable bonds is 9. The highest BCUT2D eigenvalue weighted by molar-refractivity contribution is 5.79. The van der Waals surface area contributed by atoms with Crippen LogP contribution in [-0.2, 0) is 4.74 Å². The fourth-order valence-corrected chi connectivity index (χ4v) is 2.74. The first-order valence-corrected chi connectivity index (χ1v) is 9.42. The highest BCUT2D eigenvalue weighted by atomic mass is 16.5. The quantitative estimate of drug-likeness (QED) is 0.488. The minimum absolute atomic E-state index is 0.229. The van der Waals surface area contributed by atoms with Crippen LogP contribution in [0, 0.1) is 5.92 Å². The summed E-state index contributed by atoms with van der Waals surface area (Å²) in [5, 5.41) is 6.79. The number of hydrogen-bond donors (Lipinski definition) is 2. The summed E-state index contributed by atoms with van der Waals surface area (Å²) in [6, 6.07) is 0. The van der Waals surface area contributed by atoms with Crippen molar-refractivity contribution in [1.82, 2.24) is 20.4 Å². The van der Waals surface area contributed by atoms with Crippen LogP contribution in [-0.4, -0.2) is 87.4 Å². The third-order valence-corrected chi connectivity index (χ3v) is 4.61. The SMILES string of the molecule is CCNC(=NCC(C)(C)OC)NCC(C)CN1CCN(CC)CC1. The number of guanidine groups is 1. The molecule has 0 saturated carbocycles. The zero-order chi connectivity index (χ0) is 18.0. The number of likely N-dealkylation sites (N-methyl/N-ethyl adjacent to an activating group) is 1. The van der Waals surface area contributed by atoms with Crippen LogP contribution in [0.15, 0.2) is 4.99 Å². The summed E-state index contributed by atoms with van der Waals surface area (Å²) in [5.74, 6) is 1.47. The van der Waals surface area contributed by atoms with E-state index in [4.69, 9.17) is 4.74 Å². The molecule has 0 aliphatic carbocycles. The van der Waals surface area contributed by atoms with E-state index in [0.717, 1.165) is 25.6 Å². The minimum Gasteiger partial charge on any atom is -0.377 e. The van der Waals surface area contributed by atoms with Gasteiger partial charge in [0.25, 0.3) is 0 Å². The minimum atomic E-state index is -0.229. The first-order valence-electron chi connectivity index (χ1n) is 9.42. The molecule has 1 aliphatic rings. The molecule has 2 N–H and O–H groups in total. The summed E-state index contributed by atoms with van der Waals surface area (Å²) in [4.78, 5) is 9.75. The molecular formula is C18H39N5O. The molecule has 142 valence electrons. The Morgan fingerprint density at radius 1 is 1.12 bits per heavy atom. The highest BCUT2D eigenvalue weighted by Crippen LogP contribution is 2.07. The monoisotopic (exact) mass is 341 g/mol. The maximum Gasteiger partial charge on any atom is 0.191 e. The van der Waals surface area contributed by atoms with Crippen LogP contribution in [0.4, 0.5) is 0 Å². The van der Waals surface area contributed by atoms with E-state index >= 15 is 0 Å². The molecule has 0 bridgehead atoms. The van der Waals surface area contributed by atoms with Crippen LogP contribution in [0.2, 0.25) is 0 Å². The highest BCUT2D eigenvalue weighted by Gasteiger charge is 2.18. The molecule has 0 radical (unpaired) electrons. The molecule has 6 nitrogen and oxygen atoms in total. The lowest BCUT2D eigenvalue weighted by Gasteiger charge is -2.35. The summed E-state index contributed by atoms with van der Waals surface area (Å²) >= 11 is 0. The lowest BCUT2D eigenvalue weighted by Crippen LogP contribution is -2.48. The molecule has 0 amide bonds. The zero-order valence-corrected chi connectivity index (χ0v) is 16.7. The molecule has 0 aromatic heterocycles. The van der Waals surface area contributed by atoms with Crippen LogP contribution in [0.3, 0.4) is 0 Å². The van der Waals surface area contributed by atoms with Gasteiger partial charge in [0.15, 0.2) is 5.96 Å². The summed E-state index contributed by atoms with van der Waals surface area (Å²) < 4.78 is 5.44. The fourth-order valence-electron chi connectivity index (χ4n) is 2.74. The van der Waals surface area contributed by atoms with Crippen molar-refractivity contribution in [2.45, 2.75) is 40.2 Å². The molecule has 0 spiro atoms. The first kappa shape index (κ1) is 21.2. The fraction of sp³-hybridized carbons (Fsp3) is 0.944. The van der Waals surface area contributed by atoms with Gasteiger partial charge in [-0.2, -0.15) is 0 Å². The molecule has 1 heterocycles. The van der Waals surface area contributed by atoms with Gasteiger partial charge in [0, 0.05) is 52.9 Å². The van der Waals surface area contributed by atoms with Crippen LogP contribution in [0.5, 0.6) is 0 Å². The van der Waals surface area contributed by atoms with Crippen molar-refractivity contribution in [1.29, 1.82) is 0 Å². The number of hydrogen-bond acceptors (Lipinski definition) is 4. The third-order valence-electron chi connectivity index (χ3n) is 4.61. The summed E-state index contributed by atoms with van der Waals surface area (Å²) in [7, 11) is 1.73. The number of nitrogens with zero attached hydrogens (tertiary/aromatic N) is 3. The van der Waals surface area contributed by atoms with Crippen molar-refractivity contribution in [2.75, 3.05) is 66.0 Å². The van der Waals surface area contributed by atoms with Gasteiger partial charge in [0.2, 0.25) is 0 Å². The van der Waals surface area contributed by atoms with Crippen LogP contribution >= 0.6 is 0 Å². The van der Waals surface area contributed by atoms with Gasteiger partial charge in [0.05, 0.1) is 12.1 Å². The standard InChI is InChI=1S/C18H39N5O/c1-7-19-17(21-15-18(4,5)24-6)20-13-16(3)14-23-11-9-22(8-2)10-12-23/h16H,7-15H2,1-6H3,(H2,19,20,21). The van der Waals surface area contributed by atoms with Crippen molar-refractivity contribution in [2.24, 2.45) is 10.9 Å². The van der Waals surface area contributed by atoms with Crippen LogP contribution < -0.4 is 10.6 Å². The Kier molecular flexibility index (Phi) is 9.63. The summed E-state index contributed by atoms with van der Waals surface area (Å²) in [5.41, 5.74) is -0.229. The van der Waals surface area contributed by atoms with Crippen molar-refractivity contribution >= 4 is 5.96 Å². The predicted octanol–water partition coefficient (Wildman–Crippen LogP) is 1.24. The van der Waals surface area contributed by atoms with Gasteiger partial charge >= 0.3 is 0 Å². The Balaban J connectivity index is 2.36. The molecule has 24 heavy (non-hydrogen) atoms. The number of nitrogens with one attached hydrogen (secondary N) is 2. The molecule has 0 aromatic carbocycles. The van der Waals surface area contributed by atoms with Gasteiger partial charge in [0.1, 0.15) is 0 Å². The molecule has 1 unspecified atom stereocenters. The second-order valence-corrected chi connectivity index (χ2v) is 7.38. The molecule has 1 rings (SSSR count). The van der Waals surface area contributed by atoms with Crippen molar-refractivity contribution < 1.29 is 4.74 Å². The van der Waals surface area contributed by atoms with E-state index in [2.05, 4.69) is 60.0 Å². The number of piperazine rings is 1. The molecular weight excluding hydrogens is 302 g/mol. The average molecular weight is 342 g/mol. The summed E-state index contributed by atoms with van der Waals surface area (Å²) in [6.07, 6.45) is 0. The average Bonchev–Trinajstić information content (AvgIpc) is 2.58. The Morgan fingerprint density at radius 3 is 2.29 bits per heavy atom. The second kappa shape index (κ2) is 10.9. The van der Waals surface area contributed by atoms with Crippen LogP contribution in [0.1, 0.15) is 34.6 Å². The van der Waals surface area contributed by atoms with E-state index in [1.54, 1.807) is 7.11 Å². The molecule has 1 fully saturated rings. The molecule has 0 aromatic rings. The van der Waals surface area contributed by atoms with Crippen LogP contribution in [0.25, 0.3) is 0 Å². The van der Waals surface area contributed by atoms with E-state index in [0.29, 0.717) is 12.5 Å². The van der Waals surface area contributed by atoms with Gasteiger partial charge in [-0.05, 0) is 33.2 Å². The van der Waals surface area contributed by atoms with E-state index in [1.165, 1.54) is 32.7 Å². The van der Waals surface area contributed by atoms with Crippen molar-refractivity contribution in [3.63, 3.8) is 0 Å². The third kappa shape index (κ3) is 8.31. The van der Waals surface area contributed by atoms with E-state index in [1.807, 2.05) is 0 Å². The Labute approximate surface area is 149 Å². The maximum absolute atomic E-state index is 5.44. The van der Waals surface area contributed by atoms with Gasteiger partial charge < -0.3 is 25.2 Å². The Bertz CT molecular complexity index is 364. The van der Waals surface area contributed by atoms with E-state index in [9.17, 15) is 0 Å². The molecule has 6 heteroatoms. The largest absolute Gasteiger partial charge is 0.377 e. The Morgan fingerprint density at radius 2 is 1.75 bits per heavy atom. The lowest BCUT2D eigenvalue weighted by atomic mass is 10.1. The molecule has 1 aliphatic heterocycles. The first-order chi connectivity index (χ1) is 11.4. The number of ether oxygens (including phenoxy) is 1. The van der Waals surface area contributed by atoms with Gasteiger partial charge in [-0.15, -0.1) is 0 Å². The maximum atomic E-state index is 5.44. The van der Waals surface area contributed by atoms with Crippen molar-refractivity contribution in [3.8, 4) is 0 Å². The zero-order valence-electron chi connectivity index (χ0n) is 16.7. The molecule has 1 saturated heterocycles. The molecule has 1 atom stereocenters.